The third-order valence-electron chi connectivity index (χ3n) is 3.19. The molecule has 1 N–H and O–H groups in total. The van der Waals surface area contributed by atoms with Crippen LogP contribution >= 0.6 is 11.8 Å². The summed E-state index contributed by atoms with van der Waals surface area (Å²) in [4.78, 5) is 19.2. The van der Waals surface area contributed by atoms with E-state index in [4.69, 9.17) is 6.42 Å². The smallest absolute Gasteiger partial charge is 0.161 e. The molecule has 0 aliphatic rings. The quantitative estimate of drug-likeness (QED) is 0.593. The standard InChI is InChI=1S/C16H15N5S/c1-4-7-22-11-5-6-12(14(8-11)21(2)3)15-19-13-9-17-10-18-16(13)20-15/h1,5-6,8-10H,7H2,2-3H3,(H,17,18,19,20). The number of H-pyrrole nitrogens is 1. The maximum Gasteiger partial charge on any atom is 0.161 e. The molecular formula is C16H15N5S. The number of anilines is 1. The van der Waals surface area contributed by atoms with E-state index in [-0.39, 0.29) is 0 Å². The van der Waals surface area contributed by atoms with Crippen molar-refractivity contribution in [1.82, 2.24) is 19.9 Å². The highest BCUT2D eigenvalue weighted by Gasteiger charge is 2.13. The molecule has 2 heterocycles. The van der Waals surface area contributed by atoms with E-state index in [9.17, 15) is 0 Å². The Labute approximate surface area is 133 Å². The van der Waals surface area contributed by atoms with E-state index in [2.05, 4.69) is 49.0 Å². The zero-order valence-corrected chi connectivity index (χ0v) is 13.2. The fraction of sp³-hybridized carbons (Fsp3) is 0.188. The summed E-state index contributed by atoms with van der Waals surface area (Å²) in [7, 11) is 4.02. The molecule has 0 spiro atoms. The molecule has 0 saturated carbocycles. The van der Waals surface area contributed by atoms with Gasteiger partial charge in [0.2, 0.25) is 0 Å². The third kappa shape index (κ3) is 2.76. The lowest BCUT2D eigenvalue weighted by Gasteiger charge is -2.17. The molecule has 0 aliphatic carbocycles. The predicted molar refractivity (Wildman–Crippen MR) is 91.0 cm³/mol. The van der Waals surface area contributed by atoms with Crippen LogP contribution in [0.2, 0.25) is 0 Å². The highest BCUT2D eigenvalue weighted by molar-refractivity contribution is 7.99. The summed E-state index contributed by atoms with van der Waals surface area (Å²) >= 11 is 1.65. The van der Waals surface area contributed by atoms with Gasteiger partial charge in [-0.05, 0) is 18.2 Å². The van der Waals surface area contributed by atoms with Crippen LogP contribution in [0.15, 0.2) is 35.6 Å². The minimum Gasteiger partial charge on any atom is -0.377 e. The summed E-state index contributed by atoms with van der Waals surface area (Å²) in [6.07, 6.45) is 8.54. The second-order valence-electron chi connectivity index (χ2n) is 4.91. The average molecular weight is 309 g/mol. The van der Waals surface area contributed by atoms with Gasteiger partial charge in [-0.1, -0.05) is 5.92 Å². The molecule has 0 unspecified atom stereocenters. The molecule has 6 heteroatoms. The number of aromatic nitrogens is 4. The molecule has 0 atom stereocenters. The predicted octanol–water partition coefficient (Wildman–Crippen LogP) is 2.81. The lowest BCUT2D eigenvalue weighted by molar-refractivity contribution is 1.12. The summed E-state index contributed by atoms with van der Waals surface area (Å²) in [5.41, 5.74) is 3.59. The number of fused-ring (bicyclic) bond motifs is 1. The van der Waals surface area contributed by atoms with Crippen molar-refractivity contribution in [2.45, 2.75) is 4.90 Å². The molecule has 0 bridgehead atoms. The molecular weight excluding hydrogens is 294 g/mol. The van der Waals surface area contributed by atoms with Crippen molar-refractivity contribution in [1.29, 1.82) is 0 Å². The Morgan fingerprint density at radius 3 is 2.95 bits per heavy atom. The van der Waals surface area contributed by atoms with Crippen LogP contribution < -0.4 is 4.90 Å². The number of rotatable bonds is 4. The van der Waals surface area contributed by atoms with Crippen LogP contribution in [0.1, 0.15) is 0 Å². The SMILES string of the molecule is C#CCSc1ccc(-c2nc3cncnc3[nH]2)c(N(C)C)c1. The monoisotopic (exact) mass is 309 g/mol. The van der Waals surface area contributed by atoms with Crippen molar-refractivity contribution < 1.29 is 0 Å². The number of nitrogens with one attached hydrogen (secondary N) is 1. The molecule has 0 radical (unpaired) electrons. The zero-order chi connectivity index (χ0) is 15.5. The number of terminal acetylenes is 1. The molecule has 22 heavy (non-hydrogen) atoms. The van der Waals surface area contributed by atoms with E-state index >= 15 is 0 Å². The van der Waals surface area contributed by atoms with Crippen molar-refractivity contribution in [2.75, 3.05) is 24.7 Å². The highest BCUT2D eigenvalue weighted by atomic mass is 32.2. The van der Waals surface area contributed by atoms with E-state index in [1.807, 2.05) is 14.1 Å². The molecule has 3 rings (SSSR count). The van der Waals surface area contributed by atoms with E-state index in [1.165, 1.54) is 6.33 Å². The Kier molecular flexibility index (Phi) is 3.98. The maximum absolute atomic E-state index is 5.33. The van der Waals surface area contributed by atoms with Gasteiger partial charge < -0.3 is 9.88 Å². The third-order valence-corrected chi connectivity index (χ3v) is 4.09. The Balaban J connectivity index is 2.07. The number of hydrogen-bond acceptors (Lipinski definition) is 5. The van der Waals surface area contributed by atoms with E-state index in [0.29, 0.717) is 5.75 Å². The molecule has 1 aromatic carbocycles. The molecule has 5 nitrogen and oxygen atoms in total. The van der Waals surface area contributed by atoms with Gasteiger partial charge in [-0.2, -0.15) is 0 Å². The lowest BCUT2D eigenvalue weighted by atomic mass is 10.1. The number of hydrogen-bond donors (Lipinski definition) is 1. The van der Waals surface area contributed by atoms with Gasteiger partial charge in [-0.25, -0.2) is 15.0 Å². The number of benzene rings is 1. The van der Waals surface area contributed by atoms with Crippen molar-refractivity contribution in [3.63, 3.8) is 0 Å². The Bertz CT molecular complexity index is 814. The first-order chi connectivity index (χ1) is 10.7. The Hall–Kier alpha value is -2.52. The fourth-order valence-electron chi connectivity index (χ4n) is 2.19. The summed E-state index contributed by atoms with van der Waals surface area (Å²) < 4.78 is 0. The first kappa shape index (κ1) is 14.4. The Morgan fingerprint density at radius 1 is 1.36 bits per heavy atom. The van der Waals surface area contributed by atoms with Gasteiger partial charge in [0.1, 0.15) is 17.7 Å². The molecule has 0 saturated heterocycles. The summed E-state index contributed by atoms with van der Waals surface area (Å²) in [6, 6.07) is 6.23. The molecule has 110 valence electrons. The molecule has 3 aromatic rings. The number of nitrogens with zero attached hydrogens (tertiary/aromatic N) is 4. The molecule has 2 aromatic heterocycles. The van der Waals surface area contributed by atoms with Crippen LogP contribution in [0, 0.1) is 12.3 Å². The van der Waals surface area contributed by atoms with Crippen LogP contribution in [0.25, 0.3) is 22.6 Å². The van der Waals surface area contributed by atoms with Gasteiger partial charge in [-0.3, -0.25) is 0 Å². The van der Waals surface area contributed by atoms with E-state index < -0.39 is 0 Å². The van der Waals surface area contributed by atoms with Crippen molar-refractivity contribution in [3.8, 4) is 23.7 Å². The van der Waals surface area contributed by atoms with Crippen molar-refractivity contribution in [2.24, 2.45) is 0 Å². The molecule has 0 aliphatic heterocycles. The lowest BCUT2D eigenvalue weighted by Crippen LogP contribution is -2.10. The highest BCUT2D eigenvalue weighted by Crippen LogP contribution is 2.33. The molecule has 0 amide bonds. The second-order valence-corrected chi connectivity index (χ2v) is 5.96. The normalized spacial score (nSPS) is 10.6. The summed E-state index contributed by atoms with van der Waals surface area (Å²) in [5.74, 6) is 4.09. The van der Waals surface area contributed by atoms with Crippen LogP contribution in [0.5, 0.6) is 0 Å². The number of aromatic amines is 1. The van der Waals surface area contributed by atoms with Crippen LogP contribution in [-0.2, 0) is 0 Å². The molecule has 0 fully saturated rings. The number of thioether (sulfide) groups is 1. The van der Waals surface area contributed by atoms with Gasteiger partial charge >= 0.3 is 0 Å². The van der Waals surface area contributed by atoms with E-state index in [1.54, 1.807) is 18.0 Å². The van der Waals surface area contributed by atoms with Gasteiger partial charge in [0.25, 0.3) is 0 Å². The van der Waals surface area contributed by atoms with E-state index in [0.717, 1.165) is 33.1 Å². The van der Waals surface area contributed by atoms with Crippen molar-refractivity contribution in [3.05, 3.63) is 30.7 Å². The van der Waals surface area contributed by atoms with Crippen LogP contribution in [0.4, 0.5) is 5.69 Å². The minimum absolute atomic E-state index is 0.659. The summed E-state index contributed by atoms with van der Waals surface area (Å²) in [6.45, 7) is 0. The average Bonchev–Trinajstić information content (AvgIpc) is 2.96. The summed E-state index contributed by atoms with van der Waals surface area (Å²) in [5, 5.41) is 0. The fourth-order valence-corrected chi connectivity index (χ4v) is 2.79. The first-order valence-corrected chi connectivity index (χ1v) is 7.71. The zero-order valence-electron chi connectivity index (χ0n) is 12.4. The first-order valence-electron chi connectivity index (χ1n) is 6.73. The van der Waals surface area contributed by atoms with Gasteiger partial charge in [0.15, 0.2) is 5.65 Å². The van der Waals surface area contributed by atoms with Gasteiger partial charge in [-0.15, -0.1) is 18.2 Å². The maximum atomic E-state index is 5.33. The van der Waals surface area contributed by atoms with Crippen molar-refractivity contribution >= 4 is 28.6 Å². The topological polar surface area (TPSA) is 57.7 Å². The van der Waals surface area contributed by atoms with Gasteiger partial charge in [0, 0.05) is 30.2 Å². The van der Waals surface area contributed by atoms with Crippen LogP contribution in [0.3, 0.4) is 0 Å². The largest absolute Gasteiger partial charge is 0.377 e. The number of imidazole rings is 1. The van der Waals surface area contributed by atoms with Gasteiger partial charge in [0.05, 0.1) is 11.9 Å². The minimum atomic E-state index is 0.659. The second kappa shape index (κ2) is 6.08. The Morgan fingerprint density at radius 2 is 2.23 bits per heavy atom. The van der Waals surface area contributed by atoms with Crippen LogP contribution in [-0.4, -0.2) is 39.8 Å².